The molecule has 0 amide bonds. The molecule has 0 spiro atoms. The standard InChI is InChI=1S/C16H21NO2S/c1-16(2,3)13-14(11-8-6-5-7-9-11)17(15(13)20)10-12(18)19-4/h5-9,13-14H,10H2,1-4H3. The zero-order chi connectivity index (χ0) is 14.9. The number of thiocarbonyl (C=S) groups is 1. The van der Waals surface area contributed by atoms with Gasteiger partial charge in [-0.2, -0.15) is 0 Å². The molecule has 108 valence electrons. The number of benzene rings is 1. The lowest BCUT2D eigenvalue weighted by Gasteiger charge is -2.55. The fourth-order valence-corrected chi connectivity index (χ4v) is 3.46. The van der Waals surface area contributed by atoms with E-state index in [1.54, 1.807) is 0 Å². The highest BCUT2D eigenvalue weighted by atomic mass is 32.1. The molecule has 1 aromatic rings. The Bertz CT molecular complexity index is 507. The molecule has 2 rings (SSSR count). The van der Waals surface area contributed by atoms with Gasteiger partial charge in [-0.1, -0.05) is 63.3 Å². The van der Waals surface area contributed by atoms with E-state index in [0.29, 0.717) is 0 Å². The van der Waals surface area contributed by atoms with Crippen molar-refractivity contribution >= 4 is 23.2 Å². The summed E-state index contributed by atoms with van der Waals surface area (Å²) in [5, 5.41) is 0. The molecule has 4 heteroatoms. The normalized spacial score (nSPS) is 22.4. The van der Waals surface area contributed by atoms with Crippen LogP contribution in [0.5, 0.6) is 0 Å². The number of carbonyl (C=O) groups excluding carboxylic acids is 1. The number of rotatable bonds is 3. The highest BCUT2D eigenvalue weighted by molar-refractivity contribution is 7.80. The first kappa shape index (κ1) is 15.0. The van der Waals surface area contributed by atoms with Crippen molar-refractivity contribution in [3.05, 3.63) is 35.9 Å². The molecule has 1 saturated heterocycles. The van der Waals surface area contributed by atoms with Crippen LogP contribution in [0.25, 0.3) is 0 Å². The number of hydrogen-bond acceptors (Lipinski definition) is 3. The molecule has 1 heterocycles. The third-order valence-corrected chi connectivity index (χ3v) is 4.29. The number of likely N-dealkylation sites (tertiary alicyclic amines) is 1. The number of esters is 1. The summed E-state index contributed by atoms with van der Waals surface area (Å²) in [5.41, 5.74) is 1.27. The van der Waals surface area contributed by atoms with Gasteiger partial charge in [-0.3, -0.25) is 4.79 Å². The SMILES string of the molecule is COC(=O)CN1C(=S)C(C(C)(C)C)C1c1ccccc1. The quantitative estimate of drug-likeness (QED) is 0.632. The van der Waals surface area contributed by atoms with Gasteiger partial charge in [0.05, 0.1) is 18.1 Å². The molecular weight excluding hydrogens is 270 g/mol. The molecule has 0 bridgehead atoms. The lowest BCUT2D eigenvalue weighted by Crippen LogP contribution is -2.59. The van der Waals surface area contributed by atoms with Crippen molar-refractivity contribution in [1.29, 1.82) is 0 Å². The third-order valence-electron chi connectivity index (χ3n) is 3.80. The van der Waals surface area contributed by atoms with E-state index in [9.17, 15) is 4.79 Å². The molecule has 0 saturated carbocycles. The Morgan fingerprint density at radius 3 is 2.40 bits per heavy atom. The second-order valence-corrected chi connectivity index (χ2v) is 6.66. The molecule has 2 atom stereocenters. The van der Waals surface area contributed by atoms with Gasteiger partial charge in [0.2, 0.25) is 0 Å². The monoisotopic (exact) mass is 291 g/mol. The van der Waals surface area contributed by atoms with Crippen molar-refractivity contribution in [2.45, 2.75) is 26.8 Å². The van der Waals surface area contributed by atoms with Crippen LogP contribution in [-0.4, -0.2) is 29.5 Å². The topological polar surface area (TPSA) is 29.5 Å². The molecule has 1 aliphatic rings. The zero-order valence-electron chi connectivity index (χ0n) is 12.4. The van der Waals surface area contributed by atoms with E-state index in [4.69, 9.17) is 17.0 Å². The van der Waals surface area contributed by atoms with E-state index in [2.05, 4.69) is 32.9 Å². The highest BCUT2D eigenvalue weighted by Crippen LogP contribution is 2.49. The molecule has 2 unspecified atom stereocenters. The average molecular weight is 291 g/mol. The summed E-state index contributed by atoms with van der Waals surface area (Å²) in [7, 11) is 1.41. The summed E-state index contributed by atoms with van der Waals surface area (Å²) in [6.45, 7) is 6.79. The van der Waals surface area contributed by atoms with Crippen LogP contribution in [0.3, 0.4) is 0 Å². The maximum atomic E-state index is 11.6. The van der Waals surface area contributed by atoms with Gasteiger partial charge in [0, 0.05) is 5.92 Å². The van der Waals surface area contributed by atoms with E-state index in [1.807, 2.05) is 23.1 Å². The van der Waals surface area contributed by atoms with Crippen molar-refractivity contribution in [2.24, 2.45) is 11.3 Å². The van der Waals surface area contributed by atoms with Gasteiger partial charge in [0.25, 0.3) is 0 Å². The fraction of sp³-hybridized carbons (Fsp3) is 0.500. The van der Waals surface area contributed by atoms with Gasteiger partial charge in [-0.25, -0.2) is 0 Å². The van der Waals surface area contributed by atoms with Crippen LogP contribution in [0.1, 0.15) is 32.4 Å². The van der Waals surface area contributed by atoms with Gasteiger partial charge < -0.3 is 9.64 Å². The molecule has 1 aromatic carbocycles. The van der Waals surface area contributed by atoms with Crippen LogP contribution in [0.15, 0.2) is 30.3 Å². The van der Waals surface area contributed by atoms with Crippen molar-refractivity contribution < 1.29 is 9.53 Å². The van der Waals surface area contributed by atoms with Gasteiger partial charge in [-0.15, -0.1) is 0 Å². The van der Waals surface area contributed by atoms with E-state index < -0.39 is 0 Å². The Morgan fingerprint density at radius 2 is 1.90 bits per heavy atom. The smallest absolute Gasteiger partial charge is 0.325 e. The summed E-state index contributed by atoms with van der Waals surface area (Å²) >= 11 is 5.54. The van der Waals surface area contributed by atoms with Gasteiger partial charge in [-0.05, 0) is 11.0 Å². The molecule has 3 nitrogen and oxygen atoms in total. The molecule has 0 aliphatic carbocycles. The number of ether oxygens (including phenoxy) is 1. The van der Waals surface area contributed by atoms with Crippen LogP contribution >= 0.6 is 12.2 Å². The maximum absolute atomic E-state index is 11.6. The van der Waals surface area contributed by atoms with E-state index in [0.717, 1.165) is 4.99 Å². The Balaban J connectivity index is 2.29. The molecule has 0 radical (unpaired) electrons. The van der Waals surface area contributed by atoms with Crippen LogP contribution in [0, 0.1) is 11.3 Å². The minimum Gasteiger partial charge on any atom is -0.468 e. The van der Waals surface area contributed by atoms with Crippen LogP contribution in [-0.2, 0) is 9.53 Å². The van der Waals surface area contributed by atoms with Crippen LogP contribution < -0.4 is 0 Å². The van der Waals surface area contributed by atoms with Crippen LogP contribution in [0.2, 0.25) is 0 Å². The fourth-order valence-electron chi connectivity index (χ4n) is 2.80. The number of carbonyl (C=O) groups is 1. The summed E-state index contributed by atoms with van der Waals surface area (Å²) in [5.74, 6) is 0.0187. The zero-order valence-corrected chi connectivity index (χ0v) is 13.2. The first-order valence-corrected chi connectivity index (χ1v) is 7.19. The van der Waals surface area contributed by atoms with Crippen molar-refractivity contribution in [3.63, 3.8) is 0 Å². The number of nitrogens with zero attached hydrogens (tertiary/aromatic N) is 1. The van der Waals surface area contributed by atoms with Crippen molar-refractivity contribution in [3.8, 4) is 0 Å². The minimum absolute atomic E-state index is 0.0736. The lowest BCUT2D eigenvalue weighted by atomic mass is 9.68. The largest absolute Gasteiger partial charge is 0.468 e. The summed E-state index contributed by atoms with van der Waals surface area (Å²) in [4.78, 5) is 14.4. The Morgan fingerprint density at radius 1 is 1.30 bits per heavy atom. The molecule has 0 aromatic heterocycles. The van der Waals surface area contributed by atoms with E-state index in [-0.39, 0.29) is 29.9 Å². The summed E-state index contributed by atoms with van der Waals surface area (Å²) < 4.78 is 4.77. The highest BCUT2D eigenvalue weighted by Gasteiger charge is 2.50. The maximum Gasteiger partial charge on any atom is 0.325 e. The number of methoxy groups -OCH3 is 1. The van der Waals surface area contributed by atoms with Gasteiger partial charge in [0.1, 0.15) is 6.54 Å². The minimum atomic E-state index is -0.249. The summed E-state index contributed by atoms with van der Waals surface area (Å²) in [6.07, 6.45) is 0. The first-order valence-electron chi connectivity index (χ1n) is 6.78. The summed E-state index contributed by atoms with van der Waals surface area (Å²) in [6, 6.07) is 10.4. The predicted octanol–water partition coefficient (Wildman–Crippen LogP) is 3.21. The van der Waals surface area contributed by atoms with Crippen molar-refractivity contribution in [1.82, 2.24) is 4.90 Å². The molecule has 1 fully saturated rings. The Kier molecular flexibility index (Phi) is 4.14. The Labute approximate surface area is 125 Å². The Hall–Kier alpha value is -1.42. The van der Waals surface area contributed by atoms with Crippen LogP contribution in [0.4, 0.5) is 0 Å². The van der Waals surface area contributed by atoms with E-state index >= 15 is 0 Å². The van der Waals surface area contributed by atoms with E-state index in [1.165, 1.54) is 12.7 Å². The lowest BCUT2D eigenvalue weighted by molar-refractivity contribution is -0.142. The average Bonchev–Trinajstić information content (AvgIpc) is 2.40. The third kappa shape index (κ3) is 2.70. The molecule has 20 heavy (non-hydrogen) atoms. The van der Waals surface area contributed by atoms with Gasteiger partial charge >= 0.3 is 5.97 Å². The molecular formula is C16H21NO2S. The molecule has 0 N–H and O–H groups in total. The second-order valence-electron chi connectivity index (χ2n) is 6.24. The molecule has 1 aliphatic heterocycles. The number of hydrogen-bond donors (Lipinski definition) is 0. The van der Waals surface area contributed by atoms with Crippen molar-refractivity contribution in [2.75, 3.05) is 13.7 Å². The first-order chi connectivity index (χ1) is 9.36. The van der Waals surface area contributed by atoms with Gasteiger partial charge in [0.15, 0.2) is 0 Å². The predicted molar refractivity (Wildman–Crippen MR) is 83.4 cm³/mol. The second kappa shape index (κ2) is 5.52.